The molecule has 0 saturated heterocycles. The molecule has 0 fully saturated rings. The van der Waals surface area contributed by atoms with Gasteiger partial charge in [-0.05, 0) is 31.4 Å². The minimum Gasteiger partial charge on any atom is -0.398 e. The second-order valence-electron chi connectivity index (χ2n) is 5.33. The quantitative estimate of drug-likeness (QED) is 0.733. The third kappa shape index (κ3) is 4.55. The van der Waals surface area contributed by atoms with Crippen LogP contribution in [0.15, 0.2) is 24.3 Å². The average Bonchev–Trinajstić information content (AvgIpc) is 2.45. The number of hydrogen-bond acceptors (Lipinski definition) is 2. The largest absolute Gasteiger partial charge is 0.398 e. The molecule has 0 bridgehead atoms. The predicted molar refractivity (Wildman–Crippen MR) is 85.3 cm³/mol. The van der Waals surface area contributed by atoms with Crippen LogP contribution in [-0.2, 0) is 11.3 Å². The van der Waals surface area contributed by atoms with Crippen LogP contribution in [0.2, 0.25) is 0 Å². The normalized spacial score (nSPS) is 10.8. The molecule has 0 radical (unpaired) electrons. The molecule has 0 aliphatic carbocycles. The van der Waals surface area contributed by atoms with Crippen LogP contribution in [0, 0.1) is 5.92 Å². The number of nitrogens with zero attached hydrogens (tertiary/aromatic N) is 1. The van der Waals surface area contributed by atoms with Gasteiger partial charge in [0.1, 0.15) is 0 Å². The van der Waals surface area contributed by atoms with Crippen LogP contribution in [0.1, 0.15) is 52.0 Å². The lowest BCUT2D eigenvalue weighted by Crippen LogP contribution is -2.35. The molecule has 0 aliphatic heterocycles. The van der Waals surface area contributed by atoms with Crippen molar-refractivity contribution in [1.29, 1.82) is 0 Å². The first-order chi connectivity index (χ1) is 9.63. The second kappa shape index (κ2) is 8.62. The highest BCUT2D eigenvalue weighted by atomic mass is 16.2. The zero-order valence-electron chi connectivity index (χ0n) is 13.1. The predicted octanol–water partition coefficient (Wildman–Crippen LogP) is 3.83. The SMILES string of the molecule is CCCC(CCC)C(=O)N(CC)Cc1ccccc1N. The number of benzene rings is 1. The summed E-state index contributed by atoms with van der Waals surface area (Å²) in [4.78, 5) is 14.6. The minimum atomic E-state index is 0.162. The second-order valence-corrected chi connectivity index (χ2v) is 5.33. The molecule has 0 saturated carbocycles. The van der Waals surface area contributed by atoms with Crippen LogP contribution in [0.3, 0.4) is 0 Å². The molecule has 0 aromatic heterocycles. The lowest BCUT2D eigenvalue weighted by atomic mass is 9.96. The average molecular weight is 276 g/mol. The van der Waals surface area contributed by atoms with Crippen molar-refractivity contribution in [2.45, 2.75) is 53.0 Å². The number of hydrogen-bond donors (Lipinski definition) is 1. The van der Waals surface area contributed by atoms with Crippen LogP contribution in [0.4, 0.5) is 5.69 Å². The number of anilines is 1. The third-order valence-corrected chi connectivity index (χ3v) is 3.73. The van der Waals surface area contributed by atoms with Gasteiger partial charge in [0.15, 0.2) is 0 Å². The molecule has 20 heavy (non-hydrogen) atoms. The first-order valence-corrected chi connectivity index (χ1v) is 7.76. The monoisotopic (exact) mass is 276 g/mol. The van der Waals surface area contributed by atoms with Crippen LogP contribution in [0.5, 0.6) is 0 Å². The summed E-state index contributed by atoms with van der Waals surface area (Å²) in [6.07, 6.45) is 4.07. The summed E-state index contributed by atoms with van der Waals surface area (Å²) in [5.41, 5.74) is 7.78. The maximum absolute atomic E-state index is 12.7. The molecule has 2 N–H and O–H groups in total. The van der Waals surface area contributed by atoms with E-state index in [0.29, 0.717) is 6.54 Å². The van der Waals surface area contributed by atoms with E-state index in [1.807, 2.05) is 36.1 Å². The van der Waals surface area contributed by atoms with Crippen LogP contribution >= 0.6 is 0 Å². The van der Waals surface area contributed by atoms with Gasteiger partial charge in [0, 0.05) is 24.7 Å². The molecule has 112 valence electrons. The van der Waals surface area contributed by atoms with E-state index in [0.717, 1.165) is 43.5 Å². The van der Waals surface area contributed by atoms with E-state index >= 15 is 0 Å². The van der Waals surface area contributed by atoms with Crippen molar-refractivity contribution in [3.8, 4) is 0 Å². The Morgan fingerprint density at radius 2 is 1.75 bits per heavy atom. The van der Waals surface area contributed by atoms with Gasteiger partial charge < -0.3 is 10.6 Å². The third-order valence-electron chi connectivity index (χ3n) is 3.73. The van der Waals surface area contributed by atoms with Crippen molar-refractivity contribution >= 4 is 11.6 Å². The molecular weight excluding hydrogens is 248 g/mol. The summed E-state index contributed by atoms with van der Waals surface area (Å²) in [6, 6.07) is 7.79. The summed E-state index contributed by atoms with van der Waals surface area (Å²) in [5.74, 6) is 0.439. The number of amides is 1. The fourth-order valence-electron chi connectivity index (χ4n) is 2.58. The summed E-state index contributed by atoms with van der Waals surface area (Å²) >= 11 is 0. The highest BCUT2D eigenvalue weighted by Gasteiger charge is 2.22. The van der Waals surface area contributed by atoms with Crippen molar-refractivity contribution in [1.82, 2.24) is 4.90 Å². The Balaban J connectivity index is 2.78. The Morgan fingerprint density at radius 1 is 1.15 bits per heavy atom. The Kier molecular flexibility index (Phi) is 7.13. The van der Waals surface area contributed by atoms with Gasteiger partial charge in [-0.3, -0.25) is 4.79 Å². The van der Waals surface area contributed by atoms with Gasteiger partial charge in [-0.1, -0.05) is 44.9 Å². The van der Waals surface area contributed by atoms with E-state index in [4.69, 9.17) is 5.73 Å². The highest BCUT2D eigenvalue weighted by molar-refractivity contribution is 5.79. The van der Waals surface area contributed by atoms with Gasteiger partial charge in [-0.25, -0.2) is 0 Å². The van der Waals surface area contributed by atoms with Gasteiger partial charge in [0.25, 0.3) is 0 Å². The number of nitrogen functional groups attached to an aromatic ring is 1. The van der Waals surface area contributed by atoms with E-state index in [2.05, 4.69) is 13.8 Å². The minimum absolute atomic E-state index is 0.162. The number of carbonyl (C=O) groups excluding carboxylic acids is 1. The Morgan fingerprint density at radius 3 is 2.25 bits per heavy atom. The number of para-hydroxylation sites is 1. The van der Waals surface area contributed by atoms with E-state index in [1.54, 1.807) is 0 Å². The Bertz CT molecular complexity index is 411. The molecule has 0 heterocycles. The Hall–Kier alpha value is -1.51. The lowest BCUT2D eigenvalue weighted by molar-refractivity contribution is -0.136. The molecule has 0 spiro atoms. The molecular formula is C17H28N2O. The summed E-state index contributed by atoms with van der Waals surface area (Å²) < 4.78 is 0. The van der Waals surface area contributed by atoms with Gasteiger partial charge >= 0.3 is 0 Å². The van der Waals surface area contributed by atoms with E-state index < -0.39 is 0 Å². The first kappa shape index (κ1) is 16.5. The molecule has 0 aliphatic rings. The maximum Gasteiger partial charge on any atom is 0.225 e. The molecule has 1 aromatic rings. The van der Waals surface area contributed by atoms with Crippen molar-refractivity contribution in [2.75, 3.05) is 12.3 Å². The van der Waals surface area contributed by atoms with E-state index in [9.17, 15) is 4.79 Å². The van der Waals surface area contributed by atoms with Crippen molar-refractivity contribution in [3.05, 3.63) is 29.8 Å². The summed E-state index contributed by atoms with van der Waals surface area (Å²) in [5, 5.41) is 0. The first-order valence-electron chi connectivity index (χ1n) is 7.76. The van der Waals surface area contributed by atoms with E-state index in [1.165, 1.54) is 0 Å². The van der Waals surface area contributed by atoms with E-state index in [-0.39, 0.29) is 11.8 Å². The molecule has 3 heteroatoms. The van der Waals surface area contributed by atoms with Gasteiger partial charge in [0.2, 0.25) is 5.91 Å². The highest BCUT2D eigenvalue weighted by Crippen LogP contribution is 2.20. The fourth-order valence-corrected chi connectivity index (χ4v) is 2.58. The Labute approximate surface area is 123 Å². The molecule has 0 unspecified atom stereocenters. The van der Waals surface area contributed by atoms with Gasteiger partial charge in [0.05, 0.1) is 0 Å². The fraction of sp³-hybridized carbons (Fsp3) is 0.588. The molecule has 1 amide bonds. The van der Waals surface area contributed by atoms with Crippen molar-refractivity contribution in [3.63, 3.8) is 0 Å². The van der Waals surface area contributed by atoms with Crippen LogP contribution in [-0.4, -0.2) is 17.4 Å². The topological polar surface area (TPSA) is 46.3 Å². The standard InChI is InChI=1S/C17H28N2O/c1-4-9-14(10-5-2)17(20)19(6-3)13-15-11-7-8-12-16(15)18/h7-8,11-12,14H,4-6,9-10,13,18H2,1-3H3. The molecule has 0 atom stereocenters. The zero-order valence-corrected chi connectivity index (χ0v) is 13.1. The molecule has 1 rings (SSSR count). The zero-order chi connectivity index (χ0) is 15.0. The maximum atomic E-state index is 12.7. The van der Waals surface area contributed by atoms with Crippen molar-refractivity contribution < 1.29 is 4.79 Å². The molecule has 3 nitrogen and oxygen atoms in total. The van der Waals surface area contributed by atoms with Gasteiger partial charge in [-0.15, -0.1) is 0 Å². The summed E-state index contributed by atoms with van der Waals surface area (Å²) in [6.45, 7) is 7.66. The lowest BCUT2D eigenvalue weighted by Gasteiger charge is -2.26. The van der Waals surface area contributed by atoms with Gasteiger partial charge in [-0.2, -0.15) is 0 Å². The van der Waals surface area contributed by atoms with Crippen LogP contribution in [0.25, 0.3) is 0 Å². The summed E-state index contributed by atoms with van der Waals surface area (Å²) in [7, 11) is 0. The number of rotatable bonds is 8. The number of carbonyl (C=O) groups is 1. The van der Waals surface area contributed by atoms with Crippen LogP contribution < -0.4 is 5.73 Å². The number of nitrogens with two attached hydrogens (primary N) is 1. The van der Waals surface area contributed by atoms with Crippen molar-refractivity contribution in [2.24, 2.45) is 5.92 Å². The smallest absolute Gasteiger partial charge is 0.225 e. The molecule has 1 aromatic carbocycles.